The van der Waals surface area contributed by atoms with Crippen LogP contribution in [0.5, 0.6) is 0 Å². The van der Waals surface area contributed by atoms with Crippen LogP contribution in [0.2, 0.25) is 0 Å². The zero-order valence-corrected chi connectivity index (χ0v) is 16.2. The summed E-state index contributed by atoms with van der Waals surface area (Å²) in [6, 6.07) is 0.441. The molecule has 0 spiro atoms. The van der Waals surface area contributed by atoms with E-state index in [4.69, 9.17) is 0 Å². The largest absolute Gasteiger partial charge is 0.341 e. The number of hydrogen-bond acceptors (Lipinski definition) is 6. The van der Waals surface area contributed by atoms with Crippen LogP contribution in [0.1, 0.15) is 51.9 Å². The molecular formula is C17H27N3O3S2. The molecule has 3 N–H and O–H groups in total. The topological polar surface area (TPSA) is 87.3 Å². The first kappa shape index (κ1) is 19.0. The van der Waals surface area contributed by atoms with Crippen LogP contribution in [0.15, 0.2) is 0 Å². The van der Waals surface area contributed by atoms with E-state index in [1.54, 1.807) is 23.5 Å². The Kier molecular flexibility index (Phi) is 6.68. The van der Waals surface area contributed by atoms with Gasteiger partial charge in [0.25, 0.3) is 0 Å². The fourth-order valence-electron chi connectivity index (χ4n) is 3.73. The predicted molar refractivity (Wildman–Crippen MR) is 101 cm³/mol. The van der Waals surface area contributed by atoms with Gasteiger partial charge in [-0.1, -0.05) is 19.8 Å². The van der Waals surface area contributed by atoms with E-state index >= 15 is 0 Å². The number of carbonyl (C=O) groups excluding carboxylic acids is 3. The molecule has 3 fully saturated rings. The molecule has 8 heteroatoms. The van der Waals surface area contributed by atoms with E-state index in [1.165, 1.54) is 19.3 Å². The Morgan fingerprint density at radius 3 is 2.68 bits per heavy atom. The SMILES string of the molecule is CCCC(=O)NC(=O)C1CCSC1NC(=O)C1NC2CCCCC2S1. The first-order valence-corrected chi connectivity index (χ1v) is 11.2. The van der Waals surface area contributed by atoms with Gasteiger partial charge in [-0.25, -0.2) is 0 Å². The summed E-state index contributed by atoms with van der Waals surface area (Å²) in [6.45, 7) is 1.91. The third-order valence-electron chi connectivity index (χ3n) is 5.07. The number of fused-ring (bicyclic) bond motifs is 1. The van der Waals surface area contributed by atoms with Crippen LogP contribution < -0.4 is 16.0 Å². The Bertz CT molecular complexity index is 517. The van der Waals surface area contributed by atoms with Gasteiger partial charge in [0.15, 0.2) is 0 Å². The zero-order chi connectivity index (χ0) is 17.8. The molecule has 3 aliphatic rings. The van der Waals surface area contributed by atoms with Gasteiger partial charge < -0.3 is 5.32 Å². The maximum atomic E-state index is 12.6. The molecule has 0 aromatic heterocycles. The number of amides is 3. The smallest absolute Gasteiger partial charge is 0.248 e. The molecule has 1 saturated carbocycles. The number of hydrogen-bond donors (Lipinski definition) is 3. The second kappa shape index (κ2) is 8.77. The van der Waals surface area contributed by atoms with Crippen molar-refractivity contribution in [1.82, 2.24) is 16.0 Å². The summed E-state index contributed by atoms with van der Waals surface area (Å²) in [4.78, 5) is 36.6. The molecule has 5 unspecified atom stereocenters. The zero-order valence-electron chi connectivity index (χ0n) is 14.6. The van der Waals surface area contributed by atoms with E-state index < -0.39 is 0 Å². The molecule has 0 radical (unpaired) electrons. The molecule has 6 nitrogen and oxygen atoms in total. The highest BCUT2D eigenvalue weighted by Gasteiger charge is 2.41. The number of rotatable bonds is 5. The summed E-state index contributed by atoms with van der Waals surface area (Å²) in [5.41, 5.74) is 0. The third-order valence-corrected chi connectivity index (χ3v) is 7.88. The van der Waals surface area contributed by atoms with Crippen molar-refractivity contribution >= 4 is 41.2 Å². The monoisotopic (exact) mass is 385 g/mol. The molecule has 140 valence electrons. The van der Waals surface area contributed by atoms with Crippen molar-refractivity contribution in [3.05, 3.63) is 0 Å². The van der Waals surface area contributed by atoms with Crippen LogP contribution in [0, 0.1) is 5.92 Å². The van der Waals surface area contributed by atoms with Crippen molar-refractivity contribution < 1.29 is 14.4 Å². The fourth-order valence-corrected chi connectivity index (χ4v) is 6.57. The van der Waals surface area contributed by atoms with Crippen LogP contribution in [-0.2, 0) is 14.4 Å². The van der Waals surface area contributed by atoms with Crippen LogP contribution >= 0.6 is 23.5 Å². The minimum atomic E-state index is -0.330. The summed E-state index contributed by atoms with van der Waals surface area (Å²) < 4.78 is 0. The van der Waals surface area contributed by atoms with Crippen LogP contribution in [0.4, 0.5) is 0 Å². The van der Waals surface area contributed by atoms with Gasteiger partial charge in [-0.05, 0) is 31.4 Å². The predicted octanol–water partition coefficient (Wildman–Crippen LogP) is 1.60. The molecule has 25 heavy (non-hydrogen) atoms. The van der Waals surface area contributed by atoms with E-state index in [-0.39, 0.29) is 34.4 Å². The first-order valence-electron chi connectivity index (χ1n) is 9.25. The minimum absolute atomic E-state index is 0.0310. The molecule has 5 atom stereocenters. The van der Waals surface area contributed by atoms with Crippen LogP contribution in [0.3, 0.4) is 0 Å². The van der Waals surface area contributed by atoms with E-state index in [0.29, 0.717) is 30.6 Å². The fraction of sp³-hybridized carbons (Fsp3) is 0.824. The van der Waals surface area contributed by atoms with Gasteiger partial charge >= 0.3 is 0 Å². The Labute approximate surface area is 157 Å². The standard InChI is InChI=1S/C17H27N3O3S2/c1-2-5-13(21)19-14(22)10-8-9-24-16(10)20-15(23)17-18-11-6-3-4-7-12(11)25-17/h10-12,16-18H,2-9H2,1H3,(H,20,23)(H,19,21,22). The van der Waals surface area contributed by atoms with E-state index in [9.17, 15) is 14.4 Å². The molecule has 0 aromatic rings. The van der Waals surface area contributed by atoms with Gasteiger partial charge in [-0.15, -0.1) is 23.5 Å². The number of carbonyl (C=O) groups is 3. The van der Waals surface area contributed by atoms with Gasteiger partial charge in [0, 0.05) is 17.7 Å². The maximum absolute atomic E-state index is 12.6. The summed E-state index contributed by atoms with van der Waals surface area (Å²) in [5.74, 6) is -0.0254. The first-order chi connectivity index (χ1) is 12.1. The molecule has 2 heterocycles. The highest BCUT2D eigenvalue weighted by Crippen LogP contribution is 2.37. The van der Waals surface area contributed by atoms with Gasteiger partial charge in [-0.2, -0.15) is 0 Å². The lowest BCUT2D eigenvalue weighted by molar-refractivity contribution is -0.132. The molecule has 0 aromatic carbocycles. The number of nitrogens with one attached hydrogen (secondary N) is 3. The summed E-state index contributed by atoms with van der Waals surface area (Å²) >= 11 is 3.32. The Balaban J connectivity index is 1.51. The molecule has 1 aliphatic carbocycles. The minimum Gasteiger partial charge on any atom is -0.341 e. The van der Waals surface area contributed by atoms with E-state index in [2.05, 4.69) is 16.0 Å². The molecule has 3 amide bonds. The highest BCUT2D eigenvalue weighted by atomic mass is 32.2. The Morgan fingerprint density at radius 1 is 1.12 bits per heavy atom. The van der Waals surface area contributed by atoms with Crippen LogP contribution in [0.25, 0.3) is 0 Å². The van der Waals surface area contributed by atoms with Gasteiger partial charge in [0.1, 0.15) is 5.37 Å². The second-order valence-electron chi connectivity index (χ2n) is 6.97. The maximum Gasteiger partial charge on any atom is 0.248 e. The van der Waals surface area contributed by atoms with E-state index in [1.807, 2.05) is 6.92 Å². The van der Waals surface area contributed by atoms with Crippen molar-refractivity contribution in [3.8, 4) is 0 Å². The molecular weight excluding hydrogens is 358 g/mol. The van der Waals surface area contributed by atoms with Crippen molar-refractivity contribution in [2.75, 3.05) is 5.75 Å². The quantitative estimate of drug-likeness (QED) is 0.666. The summed E-state index contributed by atoms with van der Waals surface area (Å²) in [7, 11) is 0. The van der Waals surface area contributed by atoms with E-state index in [0.717, 1.165) is 12.2 Å². The molecule has 3 rings (SSSR count). The lowest BCUT2D eigenvalue weighted by Gasteiger charge is -2.23. The Morgan fingerprint density at radius 2 is 1.92 bits per heavy atom. The van der Waals surface area contributed by atoms with Gasteiger partial charge in [0.05, 0.1) is 11.3 Å². The number of thioether (sulfide) groups is 2. The van der Waals surface area contributed by atoms with Gasteiger partial charge in [-0.3, -0.25) is 25.0 Å². The highest BCUT2D eigenvalue weighted by molar-refractivity contribution is 8.01. The summed E-state index contributed by atoms with van der Waals surface area (Å²) in [5, 5.41) is 9.02. The lowest BCUT2D eigenvalue weighted by atomic mass is 9.95. The van der Waals surface area contributed by atoms with Crippen LogP contribution in [-0.4, -0.2) is 45.5 Å². The average Bonchev–Trinajstić information content (AvgIpc) is 3.21. The van der Waals surface area contributed by atoms with Gasteiger partial charge in [0.2, 0.25) is 17.7 Å². The molecule has 2 aliphatic heterocycles. The molecule has 2 saturated heterocycles. The summed E-state index contributed by atoms with van der Waals surface area (Å²) in [6.07, 6.45) is 6.56. The lowest BCUT2D eigenvalue weighted by Crippen LogP contribution is -2.49. The van der Waals surface area contributed by atoms with Crippen molar-refractivity contribution in [2.45, 2.75) is 73.9 Å². The van der Waals surface area contributed by atoms with Crippen molar-refractivity contribution in [3.63, 3.8) is 0 Å². The number of imide groups is 1. The van der Waals surface area contributed by atoms with Crippen molar-refractivity contribution in [1.29, 1.82) is 0 Å². The molecule has 0 bridgehead atoms. The Hall–Kier alpha value is -0.730. The third kappa shape index (κ3) is 4.71. The second-order valence-corrected chi connectivity index (χ2v) is 9.57. The van der Waals surface area contributed by atoms with Crippen molar-refractivity contribution in [2.24, 2.45) is 5.92 Å². The average molecular weight is 386 g/mol. The normalized spacial score (nSPS) is 34.4.